The molecule has 0 bridgehead atoms. The molecule has 0 aliphatic carbocycles. The van der Waals surface area contributed by atoms with Crippen LogP contribution in [0.1, 0.15) is 13.8 Å². The van der Waals surface area contributed by atoms with Crippen LogP contribution in [0.2, 0.25) is 0 Å². The van der Waals surface area contributed by atoms with Crippen molar-refractivity contribution >= 4 is 50.9 Å². The molecule has 0 unspecified atom stereocenters. The number of anilines is 4. The second kappa shape index (κ2) is 10.8. The number of thiazole rings is 2. The van der Waals surface area contributed by atoms with E-state index in [1.807, 2.05) is 43.5 Å². The Kier molecular flexibility index (Phi) is 7.61. The quantitative estimate of drug-likeness (QED) is 0.248. The van der Waals surface area contributed by atoms with E-state index in [9.17, 15) is 4.79 Å². The molecule has 0 saturated heterocycles. The molecule has 188 valence electrons. The Morgan fingerprint density at radius 2 is 1.72 bits per heavy atom. The molecule has 0 fully saturated rings. The average Bonchev–Trinajstić information content (AvgIpc) is 3.50. The molecule has 4 rings (SSSR count). The van der Waals surface area contributed by atoms with Crippen LogP contribution in [-0.4, -0.2) is 37.2 Å². The molecule has 0 spiro atoms. The summed E-state index contributed by atoms with van der Waals surface area (Å²) in [5.41, 5.74) is 9.39. The van der Waals surface area contributed by atoms with E-state index in [4.69, 9.17) is 24.9 Å². The van der Waals surface area contributed by atoms with Crippen molar-refractivity contribution in [2.45, 2.75) is 13.8 Å². The number of carbonyl (C=O) groups excluding carboxylic acids is 1. The second-order valence-electron chi connectivity index (χ2n) is 8.04. The molecule has 4 aromatic rings. The maximum absolute atomic E-state index is 12.1. The molecule has 0 aliphatic rings. The lowest BCUT2D eigenvalue weighted by Gasteiger charge is -2.14. The van der Waals surface area contributed by atoms with Crippen LogP contribution in [0.3, 0.4) is 0 Å². The number of nitrogens with one attached hydrogen (secondary N) is 2. The van der Waals surface area contributed by atoms with E-state index >= 15 is 0 Å². The molecule has 0 saturated carbocycles. The van der Waals surface area contributed by atoms with Crippen molar-refractivity contribution in [2.24, 2.45) is 5.92 Å². The number of amides is 1. The van der Waals surface area contributed by atoms with Crippen molar-refractivity contribution in [3.63, 3.8) is 0 Å². The van der Waals surface area contributed by atoms with Gasteiger partial charge in [0.1, 0.15) is 15.7 Å². The first kappa shape index (κ1) is 25.3. The van der Waals surface area contributed by atoms with Crippen LogP contribution in [0.15, 0.2) is 41.8 Å². The monoisotopic (exact) mass is 525 g/mol. The normalized spacial score (nSPS) is 10.8. The minimum Gasteiger partial charge on any atom is -0.493 e. The number of benzene rings is 2. The summed E-state index contributed by atoms with van der Waals surface area (Å²) in [6.07, 6.45) is 0. The Morgan fingerprint density at radius 1 is 1.00 bits per heavy atom. The standard InChI is InChI=1S/C25H27N5O4S2/c1-13(2)23(31)27-15-8-6-7-14(9-15)17-12-35-24(29-17)21-22(26)30-25(36-21)28-16-10-18(32-3)20(34-5)19(11-16)33-4/h6-13H,26H2,1-5H3,(H,27,31)(H,28,30). The first-order valence-electron chi connectivity index (χ1n) is 11.0. The third-order valence-corrected chi connectivity index (χ3v) is 7.20. The SMILES string of the molecule is COc1cc(Nc2nc(N)c(-c3nc(-c4cccc(NC(=O)C(C)C)c4)cs3)s2)cc(OC)c1OC. The summed E-state index contributed by atoms with van der Waals surface area (Å²) in [5.74, 6) is 1.82. The van der Waals surface area contributed by atoms with Gasteiger partial charge in [-0.15, -0.1) is 11.3 Å². The lowest BCUT2D eigenvalue weighted by molar-refractivity contribution is -0.118. The minimum absolute atomic E-state index is 0.0318. The minimum atomic E-state index is -0.100. The van der Waals surface area contributed by atoms with Crippen LogP contribution in [-0.2, 0) is 4.79 Å². The van der Waals surface area contributed by atoms with E-state index in [-0.39, 0.29) is 11.8 Å². The number of hydrogen-bond acceptors (Lipinski definition) is 10. The molecule has 0 atom stereocenters. The summed E-state index contributed by atoms with van der Waals surface area (Å²) >= 11 is 2.88. The van der Waals surface area contributed by atoms with Gasteiger partial charge in [-0.25, -0.2) is 9.97 Å². The van der Waals surface area contributed by atoms with Gasteiger partial charge < -0.3 is 30.6 Å². The van der Waals surface area contributed by atoms with Gasteiger partial charge >= 0.3 is 0 Å². The average molecular weight is 526 g/mol. The number of hydrogen-bond donors (Lipinski definition) is 3. The van der Waals surface area contributed by atoms with Crippen LogP contribution < -0.4 is 30.6 Å². The first-order chi connectivity index (χ1) is 17.3. The van der Waals surface area contributed by atoms with Gasteiger partial charge in [0, 0.05) is 40.4 Å². The number of ether oxygens (including phenoxy) is 3. The van der Waals surface area contributed by atoms with Crippen molar-refractivity contribution in [1.82, 2.24) is 9.97 Å². The molecule has 2 aromatic carbocycles. The maximum atomic E-state index is 12.1. The highest BCUT2D eigenvalue weighted by Crippen LogP contribution is 2.43. The van der Waals surface area contributed by atoms with E-state index in [2.05, 4.69) is 15.6 Å². The summed E-state index contributed by atoms with van der Waals surface area (Å²) in [5, 5.41) is 9.51. The van der Waals surface area contributed by atoms with Gasteiger partial charge in [0.05, 0.1) is 27.0 Å². The zero-order valence-corrected chi connectivity index (χ0v) is 22.2. The number of aromatic nitrogens is 2. The van der Waals surface area contributed by atoms with Crippen molar-refractivity contribution in [3.05, 3.63) is 41.8 Å². The lowest BCUT2D eigenvalue weighted by Crippen LogP contribution is -2.17. The van der Waals surface area contributed by atoms with Gasteiger partial charge in [0.15, 0.2) is 16.6 Å². The Hall–Kier alpha value is -3.83. The molecule has 2 heterocycles. The fraction of sp³-hybridized carbons (Fsp3) is 0.240. The van der Waals surface area contributed by atoms with Gasteiger partial charge in [-0.1, -0.05) is 37.3 Å². The fourth-order valence-corrected chi connectivity index (χ4v) is 5.20. The first-order valence-corrected chi connectivity index (χ1v) is 12.7. The highest BCUT2D eigenvalue weighted by molar-refractivity contribution is 7.23. The molecule has 11 heteroatoms. The van der Waals surface area contributed by atoms with Gasteiger partial charge in [-0.3, -0.25) is 4.79 Å². The Bertz CT molecular complexity index is 1360. The van der Waals surface area contributed by atoms with Crippen molar-refractivity contribution < 1.29 is 19.0 Å². The Labute approximate surface area is 217 Å². The van der Waals surface area contributed by atoms with E-state index in [0.717, 1.165) is 26.8 Å². The Balaban J connectivity index is 1.57. The molecular formula is C25H27N5O4S2. The van der Waals surface area contributed by atoms with Gasteiger partial charge in [-0.2, -0.15) is 0 Å². The molecule has 2 aromatic heterocycles. The third-order valence-electron chi connectivity index (χ3n) is 5.22. The lowest BCUT2D eigenvalue weighted by atomic mass is 10.1. The van der Waals surface area contributed by atoms with E-state index in [1.165, 1.54) is 22.7 Å². The predicted molar refractivity (Wildman–Crippen MR) is 146 cm³/mol. The smallest absolute Gasteiger partial charge is 0.226 e. The summed E-state index contributed by atoms with van der Waals surface area (Å²) in [6.45, 7) is 3.71. The topological polar surface area (TPSA) is 121 Å². The van der Waals surface area contributed by atoms with E-state index in [1.54, 1.807) is 33.5 Å². The molecule has 0 radical (unpaired) electrons. The number of methoxy groups -OCH3 is 3. The highest BCUT2D eigenvalue weighted by Gasteiger charge is 2.18. The van der Waals surface area contributed by atoms with Crippen LogP contribution in [0.5, 0.6) is 17.2 Å². The molecule has 9 nitrogen and oxygen atoms in total. The predicted octanol–water partition coefficient (Wildman–Crippen LogP) is 5.88. The van der Waals surface area contributed by atoms with Crippen LogP contribution in [0.25, 0.3) is 21.1 Å². The molecule has 1 amide bonds. The van der Waals surface area contributed by atoms with E-state index < -0.39 is 0 Å². The molecular weight excluding hydrogens is 498 g/mol. The van der Waals surface area contributed by atoms with Gasteiger partial charge in [-0.05, 0) is 12.1 Å². The third kappa shape index (κ3) is 5.37. The molecule has 4 N–H and O–H groups in total. The number of rotatable bonds is 9. The second-order valence-corrected chi connectivity index (χ2v) is 9.89. The largest absolute Gasteiger partial charge is 0.493 e. The van der Waals surface area contributed by atoms with Crippen LogP contribution in [0, 0.1) is 5.92 Å². The highest BCUT2D eigenvalue weighted by atomic mass is 32.1. The maximum Gasteiger partial charge on any atom is 0.226 e. The Morgan fingerprint density at radius 3 is 2.36 bits per heavy atom. The van der Waals surface area contributed by atoms with Crippen molar-refractivity contribution in [3.8, 4) is 38.4 Å². The number of nitrogen functional groups attached to an aromatic ring is 1. The van der Waals surface area contributed by atoms with Gasteiger partial charge in [0.25, 0.3) is 0 Å². The van der Waals surface area contributed by atoms with Gasteiger partial charge in [0.2, 0.25) is 11.7 Å². The zero-order chi connectivity index (χ0) is 25.8. The van der Waals surface area contributed by atoms with Crippen molar-refractivity contribution in [1.29, 1.82) is 0 Å². The number of nitrogens with two attached hydrogens (primary N) is 1. The van der Waals surface area contributed by atoms with Crippen LogP contribution >= 0.6 is 22.7 Å². The molecule has 0 aliphatic heterocycles. The van der Waals surface area contributed by atoms with Crippen molar-refractivity contribution in [2.75, 3.05) is 37.7 Å². The van der Waals surface area contributed by atoms with E-state index in [0.29, 0.717) is 33.9 Å². The molecule has 36 heavy (non-hydrogen) atoms. The number of nitrogens with zero attached hydrogens (tertiary/aromatic N) is 2. The zero-order valence-electron chi connectivity index (χ0n) is 20.5. The fourth-order valence-electron chi connectivity index (χ4n) is 3.37. The summed E-state index contributed by atoms with van der Waals surface area (Å²) < 4.78 is 16.2. The number of carbonyl (C=O) groups is 1. The van der Waals surface area contributed by atoms with Crippen LogP contribution in [0.4, 0.5) is 22.3 Å². The summed E-state index contributed by atoms with van der Waals surface area (Å²) in [6, 6.07) is 11.2. The summed E-state index contributed by atoms with van der Waals surface area (Å²) in [7, 11) is 4.69. The summed E-state index contributed by atoms with van der Waals surface area (Å²) in [4.78, 5) is 22.1.